The van der Waals surface area contributed by atoms with Crippen LogP contribution in [0.25, 0.3) is 10.8 Å². The van der Waals surface area contributed by atoms with Crippen LogP contribution in [0, 0.1) is 5.92 Å². The van der Waals surface area contributed by atoms with Gasteiger partial charge in [-0.3, -0.25) is 52.7 Å². The maximum atomic E-state index is 14.5. The first-order valence-electron chi connectivity index (χ1n) is 29.3. The Morgan fingerprint density at radius 3 is 1.74 bits per heavy atom. The number of aliphatic hydroxyl groups is 2. The van der Waals surface area contributed by atoms with E-state index in [1.807, 2.05) is 30.3 Å². The standard InChI is InChI=1S/C58H88N16O14/c1-5-32(2)46-55(84)69-40(19-25-61)48(77)67-42(21-27-63)54(83)74-58(4,87)57(86)64-28-22-43(51(80)66-39(18-24-60)50(79)71-44(53(82)72-46)29-34-11-7-6-8-12-34)68-49(78)41(20-26-62)70-56(85)47(33(3)75)73-52(81)38(17-23-59)65-45(76)31-88-37-16-15-35-13-9-10-14-36(35)30-37/h6-16,30,32-33,38-44,46-47,75,87H,5,17-29,31,59-63H2,1-4H3,(H,64,86)(H,65,76)(H,66,80)(H,67,77)(H,68,78)(H,69,84)(H,70,85)(H,71,79)(H,72,82)(H,73,81)(H,74,83)/t32-,33+,38-,39-,40-,41-,42-,43-,44+,46-,47-,58-/m0/s1. The third kappa shape index (κ3) is 22.4. The van der Waals surface area contributed by atoms with Crippen molar-refractivity contribution >= 4 is 75.8 Å². The number of nitrogens with two attached hydrogens (primary N) is 5. The fourth-order valence-corrected chi connectivity index (χ4v) is 9.26. The summed E-state index contributed by atoms with van der Waals surface area (Å²) in [5.41, 5.74) is 27.2. The molecule has 1 fully saturated rings. The molecule has 23 N–H and O–H groups in total. The number of carbonyl (C=O) groups is 11. The quantitative estimate of drug-likeness (QED) is 0.0376. The van der Waals surface area contributed by atoms with Crippen molar-refractivity contribution < 1.29 is 67.7 Å². The van der Waals surface area contributed by atoms with E-state index in [9.17, 15) is 63.0 Å². The molecule has 3 aromatic rings. The van der Waals surface area contributed by atoms with Crippen molar-refractivity contribution in [3.63, 3.8) is 0 Å². The van der Waals surface area contributed by atoms with Gasteiger partial charge in [0.2, 0.25) is 58.9 Å². The van der Waals surface area contributed by atoms with Crippen molar-refractivity contribution in [3.05, 3.63) is 78.4 Å². The summed E-state index contributed by atoms with van der Waals surface area (Å²) < 4.78 is 5.66. The lowest BCUT2D eigenvalue weighted by molar-refractivity contribution is -0.148. The van der Waals surface area contributed by atoms with E-state index in [0.717, 1.165) is 17.7 Å². The lowest BCUT2D eigenvalue weighted by atomic mass is 9.96. The summed E-state index contributed by atoms with van der Waals surface area (Å²) >= 11 is 0. The fraction of sp³-hybridized carbons (Fsp3) is 0.534. The lowest BCUT2D eigenvalue weighted by Gasteiger charge is -2.30. The predicted molar refractivity (Wildman–Crippen MR) is 323 cm³/mol. The van der Waals surface area contributed by atoms with Crippen LogP contribution in [0.15, 0.2) is 72.8 Å². The second kappa shape index (κ2) is 36.0. The van der Waals surface area contributed by atoms with Gasteiger partial charge in [-0.05, 0) is 119 Å². The van der Waals surface area contributed by atoms with Gasteiger partial charge >= 0.3 is 0 Å². The predicted octanol–water partition coefficient (Wildman–Crippen LogP) is -5.66. The van der Waals surface area contributed by atoms with Gasteiger partial charge in [0.1, 0.15) is 60.1 Å². The largest absolute Gasteiger partial charge is 0.484 e. The van der Waals surface area contributed by atoms with Gasteiger partial charge in [-0.1, -0.05) is 80.9 Å². The smallest absolute Gasteiger partial charge is 0.272 e. The SMILES string of the molecule is CC[C@H](C)[C@@H]1NC(=O)[C@@H](Cc2ccccc2)NC(=O)[C@H](CCN)NC(=O)[C@@H](NC(=O)[C@H](CCN)NC(=O)[C@@H](NC(=O)[C@H](CCN)NC(=O)COc2ccc3ccccc3c2)[C@@H](C)O)CCNC(=O)[C@](C)(O)NC(=O)[C@H](CCN)NC(=O)[C@H](CCN)NC1=O. The zero-order chi connectivity index (χ0) is 65.1. The van der Waals surface area contributed by atoms with Crippen molar-refractivity contribution in [2.45, 2.75) is 145 Å². The summed E-state index contributed by atoms with van der Waals surface area (Å²) in [4.78, 5) is 154. The van der Waals surface area contributed by atoms with E-state index < -0.39 is 157 Å². The second-order valence-corrected chi connectivity index (χ2v) is 21.6. The van der Waals surface area contributed by atoms with E-state index in [1.54, 1.807) is 56.3 Å². The minimum absolute atomic E-state index is 0.0979. The molecule has 1 saturated heterocycles. The highest BCUT2D eigenvalue weighted by molar-refractivity contribution is 5.99. The van der Waals surface area contributed by atoms with Crippen molar-refractivity contribution in [1.29, 1.82) is 0 Å². The summed E-state index contributed by atoms with van der Waals surface area (Å²) in [7, 11) is 0. The monoisotopic (exact) mass is 1230 g/mol. The van der Waals surface area contributed by atoms with Crippen molar-refractivity contribution in [3.8, 4) is 5.75 Å². The van der Waals surface area contributed by atoms with Gasteiger partial charge in [0.25, 0.3) is 11.8 Å². The highest BCUT2D eigenvalue weighted by Crippen LogP contribution is 2.21. The van der Waals surface area contributed by atoms with Gasteiger partial charge in [0.15, 0.2) is 6.61 Å². The summed E-state index contributed by atoms with van der Waals surface area (Å²) in [6, 6.07) is 7.65. The summed E-state index contributed by atoms with van der Waals surface area (Å²) in [6.45, 7) is 3.59. The van der Waals surface area contributed by atoms with E-state index in [0.29, 0.717) is 17.7 Å². The third-order valence-electron chi connectivity index (χ3n) is 14.5. The van der Waals surface area contributed by atoms with Crippen molar-refractivity contribution in [2.24, 2.45) is 34.6 Å². The topological polar surface area (TPSA) is 500 Å². The Bertz CT molecular complexity index is 2870. The van der Waals surface area contributed by atoms with Gasteiger partial charge in [-0.2, -0.15) is 0 Å². The average Bonchev–Trinajstić information content (AvgIpc) is 3.67. The molecule has 30 nitrogen and oxygen atoms in total. The summed E-state index contributed by atoms with van der Waals surface area (Å²) in [5, 5.41) is 51.3. The number of fused-ring (bicyclic) bond motifs is 1. The van der Waals surface area contributed by atoms with Crippen LogP contribution in [0.2, 0.25) is 0 Å². The first-order valence-corrected chi connectivity index (χ1v) is 29.3. The van der Waals surface area contributed by atoms with Crippen LogP contribution in [0.1, 0.15) is 78.2 Å². The molecule has 3 aromatic carbocycles. The van der Waals surface area contributed by atoms with Crippen LogP contribution < -0.4 is 91.9 Å². The minimum atomic E-state index is -2.72. The van der Waals surface area contributed by atoms with Crippen LogP contribution in [0.5, 0.6) is 5.75 Å². The molecule has 0 bridgehead atoms. The Morgan fingerprint density at radius 1 is 0.625 bits per heavy atom. The van der Waals surface area contributed by atoms with Gasteiger partial charge in [-0.15, -0.1) is 0 Å². The molecular formula is C58H88N16O14. The molecule has 0 spiro atoms. The van der Waals surface area contributed by atoms with Gasteiger partial charge in [0, 0.05) is 13.0 Å². The van der Waals surface area contributed by atoms with E-state index in [-0.39, 0.29) is 71.2 Å². The normalized spacial score (nSPS) is 22.9. The number of hydrogen-bond acceptors (Lipinski definition) is 19. The number of hydrogen-bond donors (Lipinski definition) is 18. The fourth-order valence-electron chi connectivity index (χ4n) is 9.26. The highest BCUT2D eigenvalue weighted by atomic mass is 16.5. The first kappa shape index (κ1) is 72.1. The van der Waals surface area contributed by atoms with Gasteiger partial charge in [-0.25, -0.2) is 0 Å². The van der Waals surface area contributed by atoms with Crippen molar-refractivity contribution in [1.82, 2.24) is 58.5 Å². The van der Waals surface area contributed by atoms with E-state index in [4.69, 9.17) is 33.4 Å². The molecule has 0 saturated carbocycles. The van der Waals surface area contributed by atoms with Crippen LogP contribution in [0.4, 0.5) is 0 Å². The van der Waals surface area contributed by atoms with Crippen LogP contribution in [-0.2, 0) is 59.2 Å². The molecule has 4 rings (SSSR count). The van der Waals surface area contributed by atoms with Crippen LogP contribution in [-0.4, -0.2) is 187 Å². The molecule has 0 aromatic heterocycles. The maximum Gasteiger partial charge on any atom is 0.272 e. The third-order valence-corrected chi connectivity index (χ3v) is 14.5. The zero-order valence-electron chi connectivity index (χ0n) is 50.1. The zero-order valence-corrected chi connectivity index (χ0v) is 50.1. The van der Waals surface area contributed by atoms with Crippen LogP contribution >= 0.6 is 0 Å². The summed E-state index contributed by atoms with van der Waals surface area (Å²) in [6.07, 6.45) is -2.98. The second-order valence-electron chi connectivity index (χ2n) is 21.6. The molecule has 1 aliphatic rings. The first-order chi connectivity index (χ1) is 41.9. The number of rotatable bonds is 25. The van der Waals surface area contributed by atoms with E-state index >= 15 is 0 Å². The molecular weight excluding hydrogens is 1140 g/mol. The molecule has 0 unspecified atom stereocenters. The average molecular weight is 1230 g/mol. The Hall–Kier alpha value is -8.39. The van der Waals surface area contributed by atoms with Gasteiger partial charge < -0.3 is 102 Å². The maximum absolute atomic E-state index is 14.5. The number of aliphatic hydroxyl groups excluding tert-OH is 1. The number of benzene rings is 3. The Balaban J connectivity index is 1.66. The molecule has 30 heteroatoms. The minimum Gasteiger partial charge on any atom is -0.484 e. The number of carbonyl (C=O) groups excluding carboxylic acids is 11. The molecule has 484 valence electrons. The number of ether oxygens (including phenoxy) is 1. The Kier molecular flexibility index (Phi) is 29.5. The lowest BCUT2D eigenvalue weighted by Crippen LogP contribution is -2.63. The van der Waals surface area contributed by atoms with Crippen LogP contribution in [0.3, 0.4) is 0 Å². The molecule has 0 radical (unpaired) electrons. The molecule has 11 amide bonds. The molecule has 88 heavy (non-hydrogen) atoms. The highest BCUT2D eigenvalue weighted by Gasteiger charge is 2.39. The number of amides is 11. The van der Waals surface area contributed by atoms with E-state index in [2.05, 4.69) is 58.5 Å². The van der Waals surface area contributed by atoms with Gasteiger partial charge in [0.05, 0.1) is 6.10 Å². The Morgan fingerprint density at radius 2 is 1.16 bits per heavy atom. The molecule has 1 heterocycles. The molecule has 1 aliphatic heterocycles. The number of nitrogens with one attached hydrogen (secondary N) is 11. The van der Waals surface area contributed by atoms with E-state index in [1.165, 1.54) is 6.92 Å². The Labute approximate surface area is 510 Å². The molecule has 0 aliphatic carbocycles. The molecule has 12 atom stereocenters. The summed E-state index contributed by atoms with van der Waals surface area (Å²) in [5.74, 6) is -10.9. The van der Waals surface area contributed by atoms with Crippen molar-refractivity contribution in [2.75, 3.05) is 45.9 Å².